The van der Waals surface area contributed by atoms with E-state index in [0.29, 0.717) is 12.2 Å². The van der Waals surface area contributed by atoms with Crippen LogP contribution in [-0.2, 0) is 15.6 Å². The number of carbonyl (C=O) groups is 1. The summed E-state index contributed by atoms with van der Waals surface area (Å²) in [6, 6.07) is 0. The van der Waals surface area contributed by atoms with Crippen LogP contribution in [0.3, 0.4) is 0 Å². The van der Waals surface area contributed by atoms with Gasteiger partial charge in [0.2, 0.25) is 0 Å². The first-order chi connectivity index (χ1) is 6.67. The molecule has 1 unspecified atom stereocenters. The molecule has 80 valence electrons. The average Bonchev–Trinajstić information content (AvgIpc) is 2.19. The summed E-state index contributed by atoms with van der Waals surface area (Å²) in [5.41, 5.74) is 0. The lowest BCUT2D eigenvalue weighted by Gasteiger charge is -2.32. The minimum atomic E-state index is -1.01. The molecule has 0 amide bonds. The van der Waals surface area contributed by atoms with Crippen molar-refractivity contribution in [1.29, 1.82) is 0 Å². The molecule has 2 atom stereocenters. The first-order valence-corrected chi connectivity index (χ1v) is 7.17. The van der Waals surface area contributed by atoms with Crippen molar-refractivity contribution in [3.05, 3.63) is 12.2 Å². The van der Waals surface area contributed by atoms with E-state index in [1.54, 1.807) is 23.9 Å². The van der Waals surface area contributed by atoms with Crippen LogP contribution < -0.4 is 0 Å². The van der Waals surface area contributed by atoms with Crippen molar-refractivity contribution in [3.8, 4) is 0 Å². The summed E-state index contributed by atoms with van der Waals surface area (Å²) >= 11 is 1.57. The van der Waals surface area contributed by atoms with E-state index in [-0.39, 0.29) is 5.78 Å². The third-order valence-corrected chi connectivity index (χ3v) is 6.58. The second kappa shape index (κ2) is 5.12. The minimum absolute atomic E-state index is 0.0190. The van der Waals surface area contributed by atoms with E-state index in [1.165, 1.54) is 0 Å². The second-order valence-electron chi connectivity index (χ2n) is 3.22. The number of hydrogen-bond acceptors (Lipinski definition) is 3. The Hall–Kier alpha value is -0.0900. The molecule has 1 saturated heterocycles. The Kier molecular flexibility index (Phi) is 4.38. The lowest BCUT2D eigenvalue weighted by atomic mass is 10.2. The van der Waals surface area contributed by atoms with Crippen molar-refractivity contribution in [3.63, 3.8) is 0 Å². The van der Waals surface area contributed by atoms with Gasteiger partial charge in [-0.25, -0.2) is 0 Å². The van der Waals surface area contributed by atoms with E-state index in [9.17, 15) is 9.00 Å². The van der Waals surface area contributed by atoms with E-state index in [4.69, 9.17) is 0 Å². The van der Waals surface area contributed by atoms with Crippen molar-refractivity contribution >= 4 is 28.3 Å². The quantitative estimate of drug-likeness (QED) is 0.699. The van der Waals surface area contributed by atoms with Crippen LogP contribution >= 0.6 is 11.8 Å². The number of ketones is 1. The predicted molar refractivity (Wildman–Crippen MR) is 62.9 cm³/mol. The summed E-state index contributed by atoms with van der Waals surface area (Å²) in [5.74, 6) is 1.64. The molecule has 0 aromatic heterocycles. The third-order valence-electron chi connectivity index (χ3n) is 2.34. The van der Waals surface area contributed by atoms with Gasteiger partial charge in [-0.15, -0.1) is 11.8 Å². The van der Waals surface area contributed by atoms with E-state index in [1.807, 2.05) is 13.8 Å². The van der Waals surface area contributed by atoms with Crippen molar-refractivity contribution in [2.24, 2.45) is 0 Å². The summed E-state index contributed by atoms with van der Waals surface area (Å²) in [6.07, 6.45) is 4.90. The zero-order valence-corrected chi connectivity index (χ0v) is 10.2. The van der Waals surface area contributed by atoms with Crippen LogP contribution in [0.25, 0.3) is 0 Å². The summed E-state index contributed by atoms with van der Waals surface area (Å²) in [6.45, 7) is 3.76. The fourth-order valence-corrected chi connectivity index (χ4v) is 5.15. The van der Waals surface area contributed by atoms with Gasteiger partial charge in [-0.2, -0.15) is 0 Å². The molecule has 1 rings (SSSR count). The number of allylic oxidation sites excluding steroid dienone is 2. The smallest absolute Gasteiger partial charge is 0.184 e. The monoisotopic (exact) mass is 232 g/mol. The van der Waals surface area contributed by atoms with Gasteiger partial charge in [0.15, 0.2) is 9.86 Å². The van der Waals surface area contributed by atoms with Gasteiger partial charge >= 0.3 is 0 Å². The molecular formula is C10H16O2S2. The van der Waals surface area contributed by atoms with Gasteiger partial charge in [-0.05, 0) is 31.6 Å². The van der Waals surface area contributed by atoms with Crippen LogP contribution in [0.5, 0.6) is 0 Å². The molecule has 0 aromatic rings. The molecule has 0 N–H and O–H groups in total. The number of thioether (sulfide) groups is 1. The Bertz CT molecular complexity index is 273. The summed E-state index contributed by atoms with van der Waals surface area (Å²) in [7, 11) is -1.01. The van der Waals surface area contributed by atoms with Crippen molar-refractivity contribution in [2.75, 3.05) is 11.5 Å². The fraction of sp³-hybridized carbons (Fsp3) is 0.700. The van der Waals surface area contributed by atoms with Gasteiger partial charge in [0, 0.05) is 16.6 Å². The van der Waals surface area contributed by atoms with Crippen LogP contribution in [0.4, 0.5) is 0 Å². The summed E-state index contributed by atoms with van der Waals surface area (Å²) in [4.78, 5) is 11.9. The van der Waals surface area contributed by atoms with Crippen LogP contribution in [0, 0.1) is 0 Å². The maximum Gasteiger partial charge on any atom is 0.184 e. The van der Waals surface area contributed by atoms with Crippen molar-refractivity contribution < 1.29 is 9.00 Å². The van der Waals surface area contributed by atoms with Crippen molar-refractivity contribution in [1.82, 2.24) is 0 Å². The Morgan fingerprint density at radius 1 is 1.64 bits per heavy atom. The highest BCUT2D eigenvalue weighted by Gasteiger charge is 2.43. The highest BCUT2D eigenvalue weighted by Crippen LogP contribution is 2.38. The first-order valence-electron chi connectivity index (χ1n) is 4.87. The standard InChI is InChI=1S/C10H16O2S2/c1-3-6-9(11)10(4-2)13-7-5-8-14(10)12/h3,6H,4-5,7-8H2,1-2H3/b6-3+/t10-,14?/m0/s1. The molecule has 0 spiro atoms. The van der Waals surface area contributed by atoms with Crippen LogP contribution in [0.2, 0.25) is 0 Å². The second-order valence-corrected chi connectivity index (χ2v) is 6.67. The maximum atomic E-state index is 11.9. The van der Waals surface area contributed by atoms with Gasteiger partial charge in [0.05, 0.1) is 0 Å². The van der Waals surface area contributed by atoms with Gasteiger partial charge < -0.3 is 0 Å². The number of carbonyl (C=O) groups excluding carboxylic acids is 1. The Morgan fingerprint density at radius 3 is 2.86 bits per heavy atom. The molecule has 2 nitrogen and oxygen atoms in total. The Labute approximate surface area is 92.0 Å². The largest absolute Gasteiger partial charge is 0.292 e. The van der Waals surface area contributed by atoms with E-state index < -0.39 is 14.9 Å². The van der Waals surface area contributed by atoms with Crippen LogP contribution in [0.15, 0.2) is 12.2 Å². The molecule has 1 heterocycles. The van der Waals surface area contributed by atoms with E-state index in [0.717, 1.165) is 12.2 Å². The highest BCUT2D eigenvalue weighted by molar-refractivity contribution is 8.14. The normalized spacial score (nSPS) is 33.4. The van der Waals surface area contributed by atoms with Gasteiger partial charge in [-0.3, -0.25) is 9.00 Å². The number of hydrogen-bond donors (Lipinski definition) is 0. The molecular weight excluding hydrogens is 216 g/mol. The molecule has 1 aliphatic heterocycles. The SMILES string of the molecule is C/C=C/C(=O)[C@@]1(CC)SCCCS1=O. The zero-order chi connectivity index (χ0) is 10.6. The summed E-state index contributed by atoms with van der Waals surface area (Å²) < 4.78 is 11.3. The lowest BCUT2D eigenvalue weighted by Crippen LogP contribution is -2.42. The molecule has 14 heavy (non-hydrogen) atoms. The van der Waals surface area contributed by atoms with Crippen LogP contribution in [0.1, 0.15) is 26.7 Å². The zero-order valence-electron chi connectivity index (χ0n) is 8.62. The molecule has 0 aromatic carbocycles. The highest BCUT2D eigenvalue weighted by atomic mass is 32.2. The molecule has 0 saturated carbocycles. The first kappa shape index (κ1) is 12.0. The van der Waals surface area contributed by atoms with E-state index in [2.05, 4.69) is 0 Å². The van der Waals surface area contributed by atoms with Gasteiger partial charge in [0.1, 0.15) is 0 Å². The third kappa shape index (κ3) is 2.11. The maximum absolute atomic E-state index is 11.9. The molecule has 0 aliphatic carbocycles. The fourth-order valence-electron chi connectivity index (χ4n) is 1.56. The Balaban J connectivity index is 2.93. The van der Waals surface area contributed by atoms with Crippen molar-refractivity contribution in [2.45, 2.75) is 30.8 Å². The molecule has 1 fully saturated rings. The summed E-state index contributed by atoms with van der Waals surface area (Å²) in [5, 5.41) is 0. The molecule has 0 bridgehead atoms. The lowest BCUT2D eigenvalue weighted by molar-refractivity contribution is -0.115. The average molecular weight is 232 g/mol. The predicted octanol–water partition coefficient (Wildman–Crippen LogP) is 2.12. The van der Waals surface area contributed by atoms with Crippen LogP contribution in [-0.4, -0.2) is 25.6 Å². The Morgan fingerprint density at radius 2 is 2.36 bits per heavy atom. The molecule has 0 radical (unpaired) electrons. The van der Waals surface area contributed by atoms with Gasteiger partial charge in [-0.1, -0.05) is 13.0 Å². The van der Waals surface area contributed by atoms with Gasteiger partial charge in [0.25, 0.3) is 0 Å². The number of rotatable bonds is 3. The van der Waals surface area contributed by atoms with E-state index >= 15 is 0 Å². The minimum Gasteiger partial charge on any atom is -0.292 e. The molecule has 1 aliphatic rings. The molecule has 4 heteroatoms. The topological polar surface area (TPSA) is 34.1 Å².